The Morgan fingerprint density at radius 2 is 1.79 bits per heavy atom. The zero-order chi connectivity index (χ0) is 28.9. The number of carbonyl (C=O) groups excluding carboxylic acids is 2. The first-order valence-electron chi connectivity index (χ1n) is 12.6. The van der Waals surface area contributed by atoms with Gasteiger partial charge in [-0.3, -0.25) is 4.79 Å². The molecule has 0 saturated carbocycles. The number of carbonyl (C=O) groups is 3. The summed E-state index contributed by atoms with van der Waals surface area (Å²) in [6.07, 6.45) is 14.6. The lowest BCUT2D eigenvalue weighted by Crippen LogP contribution is -2.21. The first kappa shape index (κ1) is 29.1. The van der Waals surface area contributed by atoms with E-state index in [1.807, 2.05) is 19.1 Å². The molecule has 1 heterocycles. The molecule has 8 nitrogen and oxygen atoms in total. The van der Waals surface area contributed by atoms with E-state index in [9.17, 15) is 24.3 Å². The van der Waals surface area contributed by atoms with Gasteiger partial charge in [0.1, 0.15) is 16.9 Å². The van der Waals surface area contributed by atoms with Crippen LogP contribution in [0.2, 0.25) is 0 Å². The molecule has 0 atom stereocenters. The summed E-state index contributed by atoms with van der Waals surface area (Å²) >= 11 is 0. The Labute approximate surface area is 226 Å². The normalized spacial score (nSPS) is 16.3. The zero-order valence-electron chi connectivity index (χ0n) is 22.8. The number of esters is 1. The van der Waals surface area contributed by atoms with Gasteiger partial charge in [-0.25, -0.2) is 14.4 Å². The predicted octanol–water partition coefficient (Wildman–Crippen LogP) is 6.03. The van der Waals surface area contributed by atoms with Crippen molar-refractivity contribution in [3.8, 4) is 5.75 Å². The van der Waals surface area contributed by atoms with Gasteiger partial charge in [0.2, 0.25) is 0 Å². The maximum absolute atomic E-state index is 12.5. The lowest BCUT2D eigenvalue weighted by molar-refractivity contribution is -0.129. The van der Waals surface area contributed by atoms with Crippen molar-refractivity contribution in [1.29, 1.82) is 0 Å². The minimum atomic E-state index is -1.37. The summed E-state index contributed by atoms with van der Waals surface area (Å²) in [5.41, 5.74) is 7.81. The molecule has 0 spiro atoms. The quantitative estimate of drug-likeness (QED) is 0.140. The molecular formula is C31H33NO7. The van der Waals surface area contributed by atoms with Crippen LogP contribution in [0.1, 0.15) is 74.6 Å². The molecule has 0 bridgehead atoms. The summed E-state index contributed by atoms with van der Waals surface area (Å²) in [6, 6.07) is 3.36. The van der Waals surface area contributed by atoms with E-state index >= 15 is 0 Å². The monoisotopic (exact) mass is 531 g/mol. The summed E-state index contributed by atoms with van der Waals surface area (Å²) in [5, 5.41) is 9.54. The fourth-order valence-electron chi connectivity index (χ4n) is 4.61. The highest BCUT2D eigenvalue weighted by molar-refractivity contribution is 6.05. The molecule has 8 heteroatoms. The maximum atomic E-state index is 12.5. The highest BCUT2D eigenvalue weighted by Gasteiger charge is 2.26. The Hall–Kier alpha value is -4.46. The third kappa shape index (κ3) is 7.31. The van der Waals surface area contributed by atoms with E-state index in [4.69, 9.17) is 14.9 Å². The number of nitrogens with two attached hydrogens (primary N) is 1. The number of carboxylic acids is 1. The molecule has 0 unspecified atom stereocenters. The smallest absolute Gasteiger partial charge is 0.349 e. The van der Waals surface area contributed by atoms with E-state index in [-0.39, 0.29) is 27.7 Å². The molecule has 1 aromatic heterocycles. The number of allylic oxidation sites excluding steroid dienone is 9. The minimum absolute atomic E-state index is 0.0277. The van der Waals surface area contributed by atoms with Crippen LogP contribution in [0, 0.1) is 5.41 Å². The fraction of sp³-hybridized carbons (Fsp3) is 0.290. The van der Waals surface area contributed by atoms with E-state index in [0.29, 0.717) is 5.57 Å². The van der Waals surface area contributed by atoms with E-state index in [1.54, 1.807) is 13.0 Å². The second-order valence-corrected chi connectivity index (χ2v) is 10.3. The van der Waals surface area contributed by atoms with Crippen LogP contribution in [0.4, 0.5) is 0 Å². The summed E-state index contributed by atoms with van der Waals surface area (Å²) in [5.74, 6) is -3.30. The number of ether oxygens (including phenoxy) is 1. The molecule has 2 aromatic rings. The van der Waals surface area contributed by atoms with Crippen LogP contribution in [0.3, 0.4) is 0 Å². The number of aromatic carboxylic acids is 1. The molecular weight excluding hydrogens is 498 g/mol. The van der Waals surface area contributed by atoms with Crippen molar-refractivity contribution in [3.63, 3.8) is 0 Å². The van der Waals surface area contributed by atoms with E-state index in [1.165, 1.54) is 36.1 Å². The third-order valence-electron chi connectivity index (χ3n) is 6.66. The number of fused-ring (bicyclic) bond motifs is 1. The van der Waals surface area contributed by atoms with Gasteiger partial charge in [-0.15, -0.1) is 0 Å². The summed E-state index contributed by atoms with van der Waals surface area (Å²) in [6.45, 7) is 10.5. The molecule has 0 saturated heterocycles. The molecule has 39 heavy (non-hydrogen) atoms. The first-order chi connectivity index (χ1) is 18.3. The molecule has 3 rings (SSSR count). The molecule has 1 aromatic carbocycles. The minimum Gasteiger partial charge on any atom is -0.478 e. The van der Waals surface area contributed by atoms with Gasteiger partial charge in [0.05, 0.1) is 5.56 Å². The molecule has 3 N–H and O–H groups in total. The van der Waals surface area contributed by atoms with Crippen molar-refractivity contribution in [2.75, 3.05) is 0 Å². The van der Waals surface area contributed by atoms with Crippen LogP contribution < -0.4 is 16.1 Å². The van der Waals surface area contributed by atoms with Crippen molar-refractivity contribution in [1.82, 2.24) is 0 Å². The number of hydrogen-bond donors (Lipinski definition) is 2. The number of benzene rings is 1. The van der Waals surface area contributed by atoms with Gasteiger partial charge < -0.3 is 20.0 Å². The zero-order valence-corrected chi connectivity index (χ0v) is 22.8. The van der Waals surface area contributed by atoms with Crippen molar-refractivity contribution in [2.24, 2.45) is 11.1 Å². The second kappa shape index (κ2) is 11.9. The van der Waals surface area contributed by atoms with Crippen LogP contribution >= 0.6 is 0 Å². The summed E-state index contributed by atoms with van der Waals surface area (Å²) < 4.78 is 10.3. The second-order valence-electron chi connectivity index (χ2n) is 10.3. The Kier molecular flexibility index (Phi) is 8.91. The third-order valence-corrected chi connectivity index (χ3v) is 6.66. The lowest BCUT2D eigenvalue weighted by Gasteiger charge is -2.32. The largest absolute Gasteiger partial charge is 0.478 e. The van der Waals surface area contributed by atoms with Gasteiger partial charge in [-0.05, 0) is 68.7 Å². The summed E-state index contributed by atoms with van der Waals surface area (Å²) in [4.78, 5) is 47.6. The highest BCUT2D eigenvalue weighted by atomic mass is 16.5. The van der Waals surface area contributed by atoms with Gasteiger partial charge in [0.15, 0.2) is 0 Å². The van der Waals surface area contributed by atoms with Crippen molar-refractivity contribution in [3.05, 3.63) is 98.5 Å². The molecule has 0 fully saturated rings. The maximum Gasteiger partial charge on any atom is 0.349 e. The van der Waals surface area contributed by atoms with Crippen LogP contribution in [0.5, 0.6) is 5.75 Å². The first-order valence-corrected chi connectivity index (χ1v) is 12.6. The van der Waals surface area contributed by atoms with Gasteiger partial charge >= 0.3 is 17.6 Å². The van der Waals surface area contributed by atoms with Crippen molar-refractivity contribution in [2.45, 2.75) is 53.9 Å². The molecule has 1 aliphatic rings. The Morgan fingerprint density at radius 3 is 2.44 bits per heavy atom. The number of carboxylic acid groups (broad SMARTS) is 1. The van der Waals surface area contributed by atoms with Crippen molar-refractivity contribution >= 4 is 28.8 Å². The van der Waals surface area contributed by atoms with E-state index in [0.717, 1.165) is 24.1 Å². The number of amides is 1. The van der Waals surface area contributed by atoms with Crippen LogP contribution in [-0.4, -0.2) is 23.0 Å². The van der Waals surface area contributed by atoms with E-state index < -0.39 is 29.0 Å². The fourth-order valence-corrected chi connectivity index (χ4v) is 4.61. The Bertz CT molecular complexity index is 1540. The average molecular weight is 532 g/mol. The Balaban J connectivity index is 1.75. The molecule has 1 amide bonds. The molecule has 0 radical (unpaired) electrons. The van der Waals surface area contributed by atoms with Gasteiger partial charge in [0.25, 0.3) is 5.91 Å². The number of rotatable bonds is 8. The lowest BCUT2D eigenvalue weighted by atomic mass is 9.72. The molecule has 0 aliphatic heterocycles. The predicted molar refractivity (Wildman–Crippen MR) is 150 cm³/mol. The topological polar surface area (TPSA) is 137 Å². The molecule has 204 valence electrons. The molecule has 1 aliphatic carbocycles. The van der Waals surface area contributed by atoms with Crippen LogP contribution in [-0.2, 0) is 4.79 Å². The number of primary amides is 1. The highest BCUT2D eigenvalue weighted by Crippen LogP contribution is 2.40. The van der Waals surface area contributed by atoms with E-state index in [2.05, 4.69) is 32.9 Å². The van der Waals surface area contributed by atoms with Crippen molar-refractivity contribution < 1.29 is 28.6 Å². The Morgan fingerprint density at radius 1 is 1.08 bits per heavy atom. The van der Waals surface area contributed by atoms with Gasteiger partial charge in [-0.1, -0.05) is 55.4 Å². The van der Waals surface area contributed by atoms with Crippen LogP contribution in [0.25, 0.3) is 11.0 Å². The standard InChI is InChI=1S/C31H33NO7/c1-18(11-12-25-20(3)10-7-13-31(25,4)5)8-6-9-19(2)14-27(33)38-21-15-23(29(35)36)22-17-24(28(32)34)30(37)39-26(22)16-21/h6,8-9,11-12,14-17H,7,10,13H2,1-5H3,(H2,32,34)(H,35,36). The van der Waals surface area contributed by atoms with Gasteiger partial charge in [-0.2, -0.15) is 0 Å². The van der Waals surface area contributed by atoms with Gasteiger partial charge in [0, 0.05) is 17.5 Å². The SMILES string of the molecule is CC(C=CC1=C(C)CCCC1(C)C)=CC=CC(C)=CC(=O)Oc1cc(C(=O)O)c2cc(C(N)=O)c(=O)oc2c1. The average Bonchev–Trinajstić information content (AvgIpc) is 2.81. The summed E-state index contributed by atoms with van der Waals surface area (Å²) in [7, 11) is 0. The van der Waals surface area contributed by atoms with Crippen LogP contribution in [0.15, 0.2) is 86.2 Å². The number of hydrogen-bond acceptors (Lipinski definition) is 6.